The number of fused-ring (bicyclic) bond motifs is 1. The average molecular weight is 274 g/mol. The normalized spacial score (nSPS) is 23.9. The van der Waals surface area contributed by atoms with Crippen molar-refractivity contribution in [1.29, 1.82) is 0 Å². The van der Waals surface area contributed by atoms with Gasteiger partial charge < -0.3 is 10.0 Å². The van der Waals surface area contributed by atoms with Crippen LogP contribution in [0.4, 0.5) is 4.79 Å². The lowest BCUT2D eigenvalue weighted by molar-refractivity contribution is -0.129. The van der Waals surface area contributed by atoms with Crippen molar-refractivity contribution in [2.45, 2.75) is 31.4 Å². The number of aliphatic hydroxyl groups excluding tert-OH is 1. The summed E-state index contributed by atoms with van der Waals surface area (Å²) in [5, 5.41) is 10.2. The zero-order valence-electron chi connectivity index (χ0n) is 11.2. The summed E-state index contributed by atoms with van der Waals surface area (Å²) in [7, 11) is 0. The van der Waals surface area contributed by atoms with Crippen molar-refractivity contribution >= 4 is 11.9 Å². The fourth-order valence-electron chi connectivity index (χ4n) is 2.97. The lowest BCUT2D eigenvalue weighted by Crippen LogP contribution is -2.39. The van der Waals surface area contributed by atoms with E-state index in [1.807, 2.05) is 18.2 Å². The van der Waals surface area contributed by atoms with Gasteiger partial charge in [0, 0.05) is 6.54 Å². The average Bonchev–Trinajstić information content (AvgIpc) is 2.74. The molecule has 0 aliphatic carbocycles. The lowest BCUT2D eigenvalue weighted by Gasteiger charge is -2.26. The third-order valence-corrected chi connectivity index (χ3v) is 4.07. The smallest absolute Gasteiger partial charge is 0.327 e. The lowest BCUT2D eigenvalue weighted by atomic mass is 10.0. The highest BCUT2D eigenvalue weighted by atomic mass is 16.3. The van der Waals surface area contributed by atoms with Gasteiger partial charge in [-0.2, -0.15) is 0 Å². The van der Waals surface area contributed by atoms with E-state index in [1.54, 1.807) is 17.0 Å². The van der Waals surface area contributed by atoms with E-state index in [-0.39, 0.29) is 24.5 Å². The number of benzene rings is 1. The molecule has 5 heteroatoms. The summed E-state index contributed by atoms with van der Waals surface area (Å²) in [6, 6.07) is 8.55. The van der Waals surface area contributed by atoms with Gasteiger partial charge in [0.15, 0.2) is 0 Å². The van der Waals surface area contributed by atoms with Crippen LogP contribution in [0.2, 0.25) is 0 Å². The van der Waals surface area contributed by atoms with Gasteiger partial charge >= 0.3 is 6.03 Å². The fraction of sp³-hybridized carbons (Fsp3) is 0.467. The maximum absolute atomic E-state index is 12.3. The number of urea groups is 1. The summed E-state index contributed by atoms with van der Waals surface area (Å²) in [6.45, 7) is 0.682. The number of amides is 3. The van der Waals surface area contributed by atoms with Gasteiger partial charge in [0.05, 0.1) is 12.6 Å². The molecule has 0 radical (unpaired) electrons. The molecule has 2 saturated heterocycles. The molecule has 3 rings (SSSR count). The quantitative estimate of drug-likeness (QED) is 0.850. The summed E-state index contributed by atoms with van der Waals surface area (Å²) in [5.74, 6) is -0.162. The number of rotatable bonds is 3. The Labute approximate surface area is 117 Å². The van der Waals surface area contributed by atoms with Crippen molar-refractivity contribution in [3.05, 3.63) is 35.9 Å². The highest BCUT2D eigenvalue weighted by molar-refractivity contribution is 6.04. The van der Waals surface area contributed by atoms with Crippen LogP contribution >= 0.6 is 0 Å². The van der Waals surface area contributed by atoms with Gasteiger partial charge in [0.1, 0.15) is 6.04 Å². The van der Waals surface area contributed by atoms with Crippen LogP contribution in [0.1, 0.15) is 30.9 Å². The molecule has 0 spiro atoms. The third kappa shape index (κ3) is 2.18. The van der Waals surface area contributed by atoms with Crippen LogP contribution in [0.3, 0.4) is 0 Å². The van der Waals surface area contributed by atoms with Gasteiger partial charge in [0.2, 0.25) is 0 Å². The van der Waals surface area contributed by atoms with Gasteiger partial charge in [-0.05, 0) is 24.8 Å². The molecule has 2 aliphatic heterocycles. The maximum atomic E-state index is 12.3. The third-order valence-electron chi connectivity index (χ3n) is 4.07. The molecule has 2 fully saturated rings. The first-order valence-electron chi connectivity index (χ1n) is 7.03. The van der Waals surface area contributed by atoms with E-state index in [2.05, 4.69) is 0 Å². The number of hydrogen-bond acceptors (Lipinski definition) is 3. The van der Waals surface area contributed by atoms with Crippen molar-refractivity contribution < 1.29 is 14.7 Å². The molecule has 1 aromatic carbocycles. The molecule has 0 saturated carbocycles. The molecule has 0 aromatic heterocycles. The molecule has 2 aliphatic rings. The van der Waals surface area contributed by atoms with Crippen molar-refractivity contribution in [3.8, 4) is 0 Å². The van der Waals surface area contributed by atoms with Gasteiger partial charge in [0.25, 0.3) is 5.91 Å². The van der Waals surface area contributed by atoms with E-state index in [4.69, 9.17) is 0 Å². The predicted octanol–water partition coefficient (Wildman–Crippen LogP) is 1.54. The molecule has 2 unspecified atom stereocenters. The summed E-state index contributed by atoms with van der Waals surface area (Å²) in [5.41, 5.74) is 0.720. The standard InChI is InChI=1S/C15H18N2O3/c18-13(11-6-2-1-3-7-11)10-17-14(19)12-8-4-5-9-16(12)15(17)20/h1-3,6-7,12-13,18H,4-5,8-10H2. The minimum atomic E-state index is -0.828. The summed E-state index contributed by atoms with van der Waals surface area (Å²) < 4.78 is 0. The SMILES string of the molecule is O=C1C2CCCCN2C(=O)N1CC(O)c1ccccc1. The molecular formula is C15H18N2O3. The first-order chi connectivity index (χ1) is 9.68. The Morgan fingerprint density at radius 2 is 1.95 bits per heavy atom. The Morgan fingerprint density at radius 1 is 1.20 bits per heavy atom. The molecule has 2 atom stereocenters. The second-order valence-electron chi connectivity index (χ2n) is 5.36. The zero-order chi connectivity index (χ0) is 14.1. The number of nitrogens with zero attached hydrogens (tertiary/aromatic N) is 2. The molecule has 3 amide bonds. The second-order valence-corrected chi connectivity index (χ2v) is 5.36. The van der Waals surface area contributed by atoms with Crippen LogP contribution < -0.4 is 0 Å². The van der Waals surface area contributed by atoms with E-state index in [0.717, 1.165) is 24.8 Å². The number of β-amino-alcohol motifs (C(OH)–C–C–N with tert-alkyl or cyclic N) is 1. The molecule has 1 aromatic rings. The number of imide groups is 1. The zero-order valence-corrected chi connectivity index (χ0v) is 11.2. The summed E-state index contributed by atoms with van der Waals surface area (Å²) in [6.07, 6.45) is 1.84. The summed E-state index contributed by atoms with van der Waals surface area (Å²) >= 11 is 0. The maximum Gasteiger partial charge on any atom is 0.327 e. The first-order valence-corrected chi connectivity index (χ1v) is 7.03. The number of aliphatic hydroxyl groups is 1. The Morgan fingerprint density at radius 3 is 2.65 bits per heavy atom. The van der Waals surface area contributed by atoms with E-state index in [0.29, 0.717) is 6.54 Å². The van der Waals surface area contributed by atoms with Crippen LogP contribution in [0, 0.1) is 0 Å². The largest absolute Gasteiger partial charge is 0.387 e. The van der Waals surface area contributed by atoms with Crippen molar-refractivity contribution in [2.24, 2.45) is 0 Å². The monoisotopic (exact) mass is 274 g/mol. The Kier molecular flexibility index (Phi) is 3.44. The van der Waals surface area contributed by atoms with E-state index in [9.17, 15) is 14.7 Å². The molecule has 2 heterocycles. The van der Waals surface area contributed by atoms with Crippen LogP contribution in [-0.4, -0.2) is 46.0 Å². The van der Waals surface area contributed by atoms with Gasteiger partial charge in [-0.25, -0.2) is 4.79 Å². The predicted molar refractivity (Wildman–Crippen MR) is 72.9 cm³/mol. The van der Waals surface area contributed by atoms with Crippen LogP contribution in [-0.2, 0) is 4.79 Å². The van der Waals surface area contributed by atoms with E-state index in [1.165, 1.54) is 4.90 Å². The summed E-state index contributed by atoms with van der Waals surface area (Å²) in [4.78, 5) is 27.4. The number of carbonyl (C=O) groups is 2. The van der Waals surface area contributed by atoms with Crippen LogP contribution in [0.25, 0.3) is 0 Å². The van der Waals surface area contributed by atoms with Gasteiger partial charge in [-0.3, -0.25) is 9.69 Å². The first kappa shape index (κ1) is 13.1. The van der Waals surface area contributed by atoms with E-state index < -0.39 is 6.10 Å². The molecule has 106 valence electrons. The Bertz CT molecular complexity index is 493. The molecule has 5 nitrogen and oxygen atoms in total. The fourth-order valence-corrected chi connectivity index (χ4v) is 2.97. The Balaban J connectivity index is 1.74. The van der Waals surface area contributed by atoms with Crippen molar-refractivity contribution in [2.75, 3.05) is 13.1 Å². The number of hydrogen-bond donors (Lipinski definition) is 1. The number of piperidine rings is 1. The minimum absolute atomic E-state index is 0.0364. The van der Waals surface area contributed by atoms with Crippen LogP contribution in [0.15, 0.2) is 30.3 Å². The number of carbonyl (C=O) groups excluding carboxylic acids is 2. The highest BCUT2D eigenvalue weighted by Gasteiger charge is 2.46. The van der Waals surface area contributed by atoms with Crippen molar-refractivity contribution in [1.82, 2.24) is 9.80 Å². The highest BCUT2D eigenvalue weighted by Crippen LogP contribution is 2.28. The Hall–Kier alpha value is -1.88. The minimum Gasteiger partial charge on any atom is -0.387 e. The van der Waals surface area contributed by atoms with Gasteiger partial charge in [-0.1, -0.05) is 30.3 Å². The molecule has 20 heavy (non-hydrogen) atoms. The molecule has 1 N–H and O–H groups in total. The van der Waals surface area contributed by atoms with E-state index >= 15 is 0 Å². The second kappa shape index (κ2) is 5.25. The molecular weight excluding hydrogens is 256 g/mol. The van der Waals surface area contributed by atoms with Crippen LogP contribution in [0.5, 0.6) is 0 Å². The molecule has 0 bridgehead atoms. The topological polar surface area (TPSA) is 60.9 Å². The van der Waals surface area contributed by atoms with Gasteiger partial charge in [-0.15, -0.1) is 0 Å². The van der Waals surface area contributed by atoms with Crippen molar-refractivity contribution in [3.63, 3.8) is 0 Å².